The van der Waals surface area contributed by atoms with Crippen molar-refractivity contribution < 1.29 is 4.74 Å². The maximum atomic E-state index is 6.46. The van der Waals surface area contributed by atoms with Crippen LogP contribution in [0.2, 0.25) is 0 Å². The molecule has 23 heavy (non-hydrogen) atoms. The van der Waals surface area contributed by atoms with Crippen LogP contribution in [0.5, 0.6) is 0 Å². The van der Waals surface area contributed by atoms with Crippen LogP contribution in [-0.2, 0) is 4.74 Å². The molecule has 0 atom stereocenters. The van der Waals surface area contributed by atoms with Crippen molar-refractivity contribution in [3.8, 4) is 0 Å². The first-order valence-corrected chi connectivity index (χ1v) is 11.2. The molecule has 1 aliphatic rings. The van der Waals surface area contributed by atoms with Crippen molar-refractivity contribution in [3.63, 3.8) is 0 Å². The van der Waals surface area contributed by atoms with E-state index < -0.39 is 0 Å². The second kappa shape index (κ2) is 6.59. The van der Waals surface area contributed by atoms with Gasteiger partial charge in [0.1, 0.15) is 0 Å². The van der Waals surface area contributed by atoms with Gasteiger partial charge in [0.25, 0.3) is 0 Å². The van der Waals surface area contributed by atoms with Gasteiger partial charge >= 0.3 is 152 Å². The van der Waals surface area contributed by atoms with Gasteiger partial charge in [-0.3, -0.25) is 0 Å². The van der Waals surface area contributed by atoms with Gasteiger partial charge in [0, 0.05) is 0 Å². The van der Waals surface area contributed by atoms with E-state index in [1.54, 1.807) is 0 Å². The van der Waals surface area contributed by atoms with Crippen LogP contribution in [0.25, 0.3) is 0 Å². The molecule has 1 heterocycles. The molecule has 1 nitrogen and oxygen atoms in total. The molecule has 3 heteroatoms. The minimum atomic E-state index is -0.175. The maximum absolute atomic E-state index is 6.46. The normalized spacial score (nSPS) is 19.1. The second-order valence-electron chi connectivity index (χ2n) is 6.61. The molecule has 1 aliphatic heterocycles. The minimum absolute atomic E-state index is 0.175. The van der Waals surface area contributed by atoms with Crippen molar-refractivity contribution in [2.75, 3.05) is 0 Å². The molecule has 0 radical (unpaired) electrons. The first-order chi connectivity index (χ1) is 10.9. The Kier molecular flexibility index (Phi) is 4.87. The third kappa shape index (κ3) is 3.82. The predicted octanol–water partition coefficient (Wildman–Crippen LogP) is 2.84. The molecule has 0 amide bonds. The van der Waals surface area contributed by atoms with Crippen LogP contribution in [0.3, 0.4) is 0 Å². The van der Waals surface area contributed by atoms with E-state index >= 15 is 0 Å². The van der Waals surface area contributed by atoms with Crippen molar-refractivity contribution in [3.05, 3.63) is 69.6 Å². The van der Waals surface area contributed by atoms with Crippen molar-refractivity contribution in [1.29, 1.82) is 0 Å². The first-order valence-electron chi connectivity index (χ1n) is 7.80. The summed E-state index contributed by atoms with van der Waals surface area (Å²) in [4.78, 5) is 0. The Bertz CT molecular complexity index is 641. The van der Waals surface area contributed by atoms with Gasteiger partial charge in [-0.25, -0.2) is 0 Å². The Morgan fingerprint density at radius 2 is 0.957 bits per heavy atom. The van der Waals surface area contributed by atoms with E-state index in [9.17, 15) is 0 Å². The van der Waals surface area contributed by atoms with Crippen LogP contribution < -0.4 is 8.92 Å². The summed E-state index contributed by atoms with van der Waals surface area (Å²) in [7, 11) is 0. The Morgan fingerprint density at radius 3 is 1.30 bits per heavy atom. The Labute approximate surface area is 151 Å². The van der Waals surface area contributed by atoms with Crippen molar-refractivity contribution in [2.45, 2.75) is 38.9 Å². The van der Waals surface area contributed by atoms with E-state index in [1.807, 2.05) is 0 Å². The molecule has 2 aromatic carbocycles. The standard InChI is InChI=1S/C20H22OSe2/c1-19(2)17(22-15-11-7-5-8-12-15)18(20(3,4)21-19)23-16-13-9-6-10-14-16/h5-14H,1-4H3. The second-order valence-corrected chi connectivity index (χ2v) is 11.2. The molecule has 3 rings (SSSR count). The van der Waals surface area contributed by atoms with E-state index in [1.165, 1.54) is 17.9 Å². The summed E-state index contributed by atoms with van der Waals surface area (Å²) in [6.45, 7) is 8.90. The monoisotopic (exact) mass is 438 g/mol. The van der Waals surface area contributed by atoms with Gasteiger partial charge in [0.15, 0.2) is 0 Å². The summed E-state index contributed by atoms with van der Waals surface area (Å²) in [6.07, 6.45) is 0. The summed E-state index contributed by atoms with van der Waals surface area (Å²) >= 11 is 0.620. The number of hydrogen-bond acceptors (Lipinski definition) is 1. The molecule has 0 saturated heterocycles. The Hall–Kier alpha value is -0.821. The molecule has 0 saturated carbocycles. The van der Waals surface area contributed by atoms with Gasteiger partial charge < -0.3 is 0 Å². The van der Waals surface area contributed by atoms with Crippen LogP contribution in [0.4, 0.5) is 0 Å². The zero-order valence-electron chi connectivity index (χ0n) is 14.0. The molecule has 0 spiro atoms. The van der Waals surface area contributed by atoms with Gasteiger partial charge in [0.05, 0.1) is 0 Å². The number of hydrogen-bond donors (Lipinski definition) is 0. The third-order valence-electron chi connectivity index (χ3n) is 3.74. The van der Waals surface area contributed by atoms with Gasteiger partial charge in [0.2, 0.25) is 0 Å². The predicted molar refractivity (Wildman–Crippen MR) is 99.9 cm³/mol. The first kappa shape index (κ1) is 17.0. The average Bonchev–Trinajstić information content (AvgIpc) is 2.67. The van der Waals surface area contributed by atoms with Gasteiger partial charge in [-0.1, -0.05) is 0 Å². The Morgan fingerprint density at radius 1 is 0.609 bits per heavy atom. The molecular formula is C20H22OSe2. The summed E-state index contributed by atoms with van der Waals surface area (Å²) < 4.78 is 12.3. The molecule has 0 N–H and O–H groups in total. The summed E-state index contributed by atoms with van der Waals surface area (Å²) in [5.74, 6) is 0. The fraction of sp³-hybridized carbons (Fsp3) is 0.300. The molecule has 0 aromatic heterocycles. The van der Waals surface area contributed by atoms with Gasteiger partial charge in [-0.05, 0) is 0 Å². The topological polar surface area (TPSA) is 9.23 Å². The number of ether oxygens (including phenoxy) is 1. The van der Waals surface area contributed by atoms with Crippen LogP contribution in [0, 0.1) is 0 Å². The molecule has 0 fully saturated rings. The molecule has 120 valence electrons. The van der Waals surface area contributed by atoms with Crippen LogP contribution in [-0.4, -0.2) is 41.1 Å². The number of rotatable bonds is 4. The van der Waals surface area contributed by atoms with Crippen molar-refractivity contribution >= 4 is 38.8 Å². The van der Waals surface area contributed by atoms with E-state index in [4.69, 9.17) is 4.74 Å². The SMILES string of the molecule is CC1(C)OC(C)(C)C([Se]c2ccccc2)=C1[Se]c1ccccc1. The van der Waals surface area contributed by atoms with Gasteiger partial charge in [-0.2, -0.15) is 0 Å². The quantitative estimate of drug-likeness (QED) is 0.670. The van der Waals surface area contributed by atoms with Crippen LogP contribution in [0.15, 0.2) is 69.6 Å². The summed E-state index contributed by atoms with van der Waals surface area (Å²) in [5, 5.41) is 0. The third-order valence-corrected chi connectivity index (χ3v) is 10.3. The molecule has 0 unspecified atom stereocenters. The van der Waals surface area contributed by atoms with E-state index in [-0.39, 0.29) is 11.2 Å². The zero-order chi connectivity index (χ0) is 16.5. The van der Waals surface area contributed by atoms with E-state index in [2.05, 4.69) is 88.4 Å². The molecule has 0 bridgehead atoms. The molecular weight excluding hydrogens is 414 g/mol. The Balaban J connectivity index is 2.01. The zero-order valence-corrected chi connectivity index (χ0v) is 17.4. The molecule has 2 aromatic rings. The van der Waals surface area contributed by atoms with Crippen LogP contribution in [0.1, 0.15) is 27.7 Å². The van der Waals surface area contributed by atoms with Crippen LogP contribution >= 0.6 is 0 Å². The summed E-state index contributed by atoms with van der Waals surface area (Å²) in [5.41, 5.74) is -0.351. The van der Waals surface area contributed by atoms with E-state index in [0.717, 1.165) is 0 Å². The number of benzene rings is 2. The average molecular weight is 436 g/mol. The molecule has 0 aliphatic carbocycles. The fourth-order valence-corrected chi connectivity index (χ4v) is 8.58. The van der Waals surface area contributed by atoms with Crippen molar-refractivity contribution in [1.82, 2.24) is 0 Å². The van der Waals surface area contributed by atoms with E-state index in [0.29, 0.717) is 29.9 Å². The van der Waals surface area contributed by atoms with Gasteiger partial charge in [-0.15, -0.1) is 0 Å². The summed E-state index contributed by atoms with van der Waals surface area (Å²) in [6, 6.07) is 21.7. The fourth-order valence-electron chi connectivity index (χ4n) is 2.83. The van der Waals surface area contributed by atoms with Crippen molar-refractivity contribution in [2.24, 2.45) is 0 Å².